The Balaban J connectivity index is 3.08. The molecule has 2 N–H and O–H groups in total. The molecule has 20 heavy (non-hydrogen) atoms. The lowest BCUT2D eigenvalue weighted by Gasteiger charge is -2.25. The van der Waals surface area contributed by atoms with Gasteiger partial charge in [0.05, 0.1) is 11.4 Å². The second kappa shape index (κ2) is 7.44. The van der Waals surface area contributed by atoms with E-state index in [1.54, 1.807) is 24.3 Å². The van der Waals surface area contributed by atoms with Crippen LogP contribution in [0.4, 0.5) is 0 Å². The van der Waals surface area contributed by atoms with Crippen molar-refractivity contribution in [3.8, 4) is 11.8 Å². The van der Waals surface area contributed by atoms with Crippen LogP contribution in [0.15, 0.2) is 29.2 Å². The Hall–Kier alpha value is -1.35. The van der Waals surface area contributed by atoms with Crippen LogP contribution in [0.2, 0.25) is 0 Å². The van der Waals surface area contributed by atoms with Crippen molar-refractivity contribution in [2.45, 2.75) is 38.1 Å². The van der Waals surface area contributed by atoms with Gasteiger partial charge in [-0.1, -0.05) is 18.8 Å². The third-order valence-electron chi connectivity index (χ3n) is 2.82. The summed E-state index contributed by atoms with van der Waals surface area (Å²) in [7, 11) is -3.44. The van der Waals surface area contributed by atoms with Gasteiger partial charge in [-0.2, -0.15) is 4.31 Å². The molecule has 0 heterocycles. The molecule has 0 unspecified atom stereocenters. The second-order valence-electron chi connectivity index (χ2n) is 4.74. The van der Waals surface area contributed by atoms with Gasteiger partial charge in [0, 0.05) is 18.2 Å². The van der Waals surface area contributed by atoms with Crippen LogP contribution in [0.1, 0.15) is 32.8 Å². The molecule has 0 atom stereocenters. The first kappa shape index (κ1) is 16.7. The van der Waals surface area contributed by atoms with Crippen LogP contribution in [-0.4, -0.2) is 31.9 Å². The molecule has 0 aliphatic rings. The number of nitrogens with zero attached hydrogens (tertiary/aromatic N) is 1. The summed E-state index contributed by atoms with van der Waals surface area (Å²) in [6.45, 7) is 6.55. The van der Waals surface area contributed by atoms with E-state index in [4.69, 9.17) is 5.73 Å². The molecule has 0 radical (unpaired) electrons. The van der Waals surface area contributed by atoms with Gasteiger partial charge in [0.25, 0.3) is 0 Å². The first-order valence-corrected chi connectivity index (χ1v) is 8.18. The number of nitrogens with two attached hydrogens (primary N) is 1. The Bertz CT molecular complexity index is 581. The summed E-state index contributed by atoms with van der Waals surface area (Å²) < 4.78 is 26.6. The molecular formula is C15H22N2O2S. The molecule has 0 spiro atoms. The SMILES string of the molecule is CCCN(C(C)C)S(=O)(=O)c1ccc(C#CCN)cc1. The average molecular weight is 294 g/mol. The lowest BCUT2D eigenvalue weighted by atomic mass is 10.2. The van der Waals surface area contributed by atoms with E-state index in [2.05, 4.69) is 11.8 Å². The first-order valence-electron chi connectivity index (χ1n) is 6.74. The number of rotatable bonds is 5. The maximum atomic E-state index is 12.6. The molecule has 5 heteroatoms. The first-order chi connectivity index (χ1) is 9.43. The average Bonchev–Trinajstić information content (AvgIpc) is 2.42. The normalized spacial score (nSPS) is 11.5. The van der Waals surface area contributed by atoms with E-state index >= 15 is 0 Å². The van der Waals surface area contributed by atoms with Crippen molar-refractivity contribution in [3.05, 3.63) is 29.8 Å². The lowest BCUT2D eigenvalue weighted by molar-refractivity contribution is 0.354. The lowest BCUT2D eigenvalue weighted by Crippen LogP contribution is -2.37. The molecule has 110 valence electrons. The minimum atomic E-state index is -3.44. The van der Waals surface area contributed by atoms with Gasteiger partial charge >= 0.3 is 0 Å². The molecule has 4 nitrogen and oxygen atoms in total. The fourth-order valence-corrected chi connectivity index (χ4v) is 3.60. The summed E-state index contributed by atoms with van der Waals surface area (Å²) >= 11 is 0. The third-order valence-corrected chi connectivity index (χ3v) is 4.91. The van der Waals surface area contributed by atoms with E-state index in [0.717, 1.165) is 12.0 Å². The van der Waals surface area contributed by atoms with Gasteiger partial charge in [-0.3, -0.25) is 0 Å². The van der Waals surface area contributed by atoms with Crippen molar-refractivity contribution in [2.75, 3.05) is 13.1 Å². The van der Waals surface area contributed by atoms with Gasteiger partial charge in [-0.15, -0.1) is 0 Å². The van der Waals surface area contributed by atoms with Crippen LogP contribution >= 0.6 is 0 Å². The van der Waals surface area contributed by atoms with Crippen molar-refractivity contribution in [2.24, 2.45) is 5.73 Å². The van der Waals surface area contributed by atoms with Crippen LogP contribution in [0.3, 0.4) is 0 Å². The minimum Gasteiger partial charge on any atom is -0.320 e. The molecule has 1 aromatic rings. The smallest absolute Gasteiger partial charge is 0.243 e. The summed E-state index contributed by atoms with van der Waals surface area (Å²) in [4.78, 5) is 0.304. The van der Waals surface area contributed by atoms with Crippen molar-refractivity contribution in [1.82, 2.24) is 4.31 Å². The molecule has 0 aromatic heterocycles. The molecule has 0 amide bonds. The maximum absolute atomic E-state index is 12.6. The molecule has 0 aliphatic heterocycles. The zero-order valence-corrected chi connectivity index (χ0v) is 13.1. The summed E-state index contributed by atoms with van der Waals surface area (Å²) in [6, 6.07) is 6.55. The summed E-state index contributed by atoms with van der Waals surface area (Å²) in [5.41, 5.74) is 6.07. The Labute approximate surface area is 122 Å². The van der Waals surface area contributed by atoms with Gasteiger partial charge in [0.2, 0.25) is 10.0 Å². The van der Waals surface area contributed by atoms with E-state index in [0.29, 0.717) is 11.4 Å². The number of benzene rings is 1. The topological polar surface area (TPSA) is 63.4 Å². The number of hydrogen-bond acceptors (Lipinski definition) is 3. The standard InChI is InChI=1S/C15H22N2O2S/c1-4-12-17(13(2)3)20(18,19)15-9-7-14(8-10-15)6-5-11-16/h7-10,13H,4,11-12,16H2,1-3H3. The highest BCUT2D eigenvalue weighted by molar-refractivity contribution is 7.89. The second-order valence-corrected chi connectivity index (χ2v) is 6.63. The Kier molecular flexibility index (Phi) is 6.21. The largest absolute Gasteiger partial charge is 0.320 e. The molecule has 1 aromatic carbocycles. The number of sulfonamides is 1. The van der Waals surface area contributed by atoms with Crippen LogP contribution in [-0.2, 0) is 10.0 Å². The van der Waals surface area contributed by atoms with Crippen LogP contribution < -0.4 is 5.73 Å². The maximum Gasteiger partial charge on any atom is 0.243 e. The monoisotopic (exact) mass is 294 g/mol. The highest BCUT2D eigenvalue weighted by atomic mass is 32.2. The van der Waals surface area contributed by atoms with E-state index in [1.165, 1.54) is 4.31 Å². The zero-order chi connectivity index (χ0) is 15.2. The van der Waals surface area contributed by atoms with Gasteiger partial charge in [-0.25, -0.2) is 8.42 Å². The summed E-state index contributed by atoms with van der Waals surface area (Å²) in [5, 5.41) is 0. The highest BCUT2D eigenvalue weighted by Gasteiger charge is 2.25. The van der Waals surface area contributed by atoms with Crippen molar-refractivity contribution < 1.29 is 8.42 Å². The Morgan fingerprint density at radius 3 is 2.30 bits per heavy atom. The van der Waals surface area contributed by atoms with Gasteiger partial charge < -0.3 is 5.73 Å². The number of hydrogen-bond donors (Lipinski definition) is 1. The minimum absolute atomic E-state index is 0.0586. The third kappa shape index (κ3) is 4.07. The molecule has 0 saturated carbocycles. The van der Waals surface area contributed by atoms with E-state index in [9.17, 15) is 8.42 Å². The fourth-order valence-electron chi connectivity index (χ4n) is 1.88. The molecule has 0 bridgehead atoms. The Morgan fingerprint density at radius 1 is 1.25 bits per heavy atom. The summed E-state index contributed by atoms with van der Waals surface area (Å²) in [6.07, 6.45) is 0.789. The van der Waals surface area contributed by atoms with Crippen molar-refractivity contribution in [3.63, 3.8) is 0 Å². The van der Waals surface area contributed by atoms with E-state index in [-0.39, 0.29) is 12.6 Å². The van der Waals surface area contributed by atoms with Crippen LogP contribution in [0, 0.1) is 11.8 Å². The molecule has 1 rings (SSSR count). The van der Waals surface area contributed by atoms with Crippen LogP contribution in [0.25, 0.3) is 0 Å². The summed E-state index contributed by atoms with van der Waals surface area (Å²) in [5.74, 6) is 5.62. The van der Waals surface area contributed by atoms with Gasteiger partial charge in [-0.05, 0) is 44.5 Å². The van der Waals surface area contributed by atoms with E-state index < -0.39 is 10.0 Å². The molecule has 0 aliphatic carbocycles. The van der Waals surface area contributed by atoms with Gasteiger partial charge in [0.1, 0.15) is 0 Å². The van der Waals surface area contributed by atoms with Crippen molar-refractivity contribution >= 4 is 10.0 Å². The predicted molar refractivity (Wildman–Crippen MR) is 81.7 cm³/mol. The van der Waals surface area contributed by atoms with Crippen molar-refractivity contribution in [1.29, 1.82) is 0 Å². The highest BCUT2D eigenvalue weighted by Crippen LogP contribution is 2.19. The molecule has 0 fully saturated rings. The Morgan fingerprint density at radius 2 is 1.85 bits per heavy atom. The zero-order valence-electron chi connectivity index (χ0n) is 12.3. The predicted octanol–water partition coefficient (Wildman–Crippen LogP) is 1.81. The molecular weight excluding hydrogens is 272 g/mol. The fraction of sp³-hybridized carbons (Fsp3) is 0.467. The molecule has 0 saturated heterocycles. The van der Waals surface area contributed by atoms with Gasteiger partial charge in [0.15, 0.2) is 0 Å². The van der Waals surface area contributed by atoms with E-state index in [1.807, 2.05) is 20.8 Å². The van der Waals surface area contributed by atoms with Crippen LogP contribution in [0.5, 0.6) is 0 Å². The quantitative estimate of drug-likeness (QED) is 0.842.